The first-order valence-corrected chi connectivity index (χ1v) is 7.00. The van der Waals surface area contributed by atoms with Gasteiger partial charge in [-0.3, -0.25) is 0 Å². The molecule has 0 aromatic carbocycles. The van der Waals surface area contributed by atoms with Gasteiger partial charge in [0.1, 0.15) is 0 Å². The first kappa shape index (κ1) is 13.6. The molecule has 1 aromatic heterocycles. The summed E-state index contributed by atoms with van der Waals surface area (Å²) in [4.78, 5) is 0. The summed E-state index contributed by atoms with van der Waals surface area (Å²) in [6.07, 6.45) is 7.02. The van der Waals surface area contributed by atoms with Crippen molar-refractivity contribution in [3.8, 4) is 0 Å². The van der Waals surface area contributed by atoms with Gasteiger partial charge in [-0.25, -0.2) is 0 Å². The highest BCUT2D eigenvalue weighted by Crippen LogP contribution is 2.33. The molecule has 3 heteroatoms. The summed E-state index contributed by atoms with van der Waals surface area (Å²) < 4.78 is 10.7. The van der Waals surface area contributed by atoms with Gasteiger partial charge in [0, 0.05) is 19.8 Å². The van der Waals surface area contributed by atoms with Crippen LogP contribution in [0.1, 0.15) is 32.3 Å². The zero-order valence-electron chi connectivity index (χ0n) is 11.6. The molecule has 1 aliphatic rings. The van der Waals surface area contributed by atoms with Crippen LogP contribution in [0.3, 0.4) is 0 Å². The zero-order chi connectivity index (χ0) is 12.8. The smallest absolute Gasteiger partial charge is 0.0934 e. The predicted octanol–water partition coefficient (Wildman–Crippen LogP) is 2.86. The number of hydrogen-bond donors (Lipinski definition) is 1. The normalized spacial score (nSPS) is 19.3. The molecule has 0 atom stereocenters. The molecule has 1 aliphatic heterocycles. The Morgan fingerprint density at radius 3 is 2.72 bits per heavy atom. The molecule has 0 spiro atoms. The average molecular weight is 251 g/mol. The van der Waals surface area contributed by atoms with Crippen molar-refractivity contribution in [2.24, 2.45) is 11.3 Å². The predicted molar refractivity (Wildman–Crippen MR) is 72.6 cm³/mol. The number of ether oxygens (including phenoxy) is 1. The second kappa shape index (κ2) is 6.39. The SMILES string of the molecule is CC(C)CNCC1(Cc2ccoc2)CCOCC1. The van der Waals surface area contributed by atoms with Crippen molar-refractivity contribution in [2.45, 2.75) is 33.1 Å². The van der Waals surface area contributed by atoms with Crippen LogP contribution in [-0.4, -0.2) is 26.3 Å². The van der Waals surface area contributed by atoms with Crippen molar-refractivity contribution in [3.63, 3.8) is 0 Å². The summed E-state index contributed by atoms with van der Waals surface area (Å²) in [5.41, 5.74) is 1.65. The van der Waals surface area contributed by atoms with Gasteiger partial charge in [0.25, 0.3) is 0 Å². The Hall–Kier alpha value is -0.800. The third kappa shape index (κ3) is 3.85. The highest BCUT2D eigenvalue weighted by molar-refractivity contribution is 5.09. The maximum atomic E-state index is 5.52. The lowest BCUT2D eigenvalue weighted by Crippen LogP contribution is -2.41. The van der Waals surface area contributed by atoms with Gasteiger partial charge in [-0.2, -0.15) is 0 Å². The Balaban J connectivity index is 1.94. The first-order valence-electron chi connectivity index (χ1n) is 7.00. The van der Waals surface area contributed by atoms with Crippen LogP contribution in [0.2, 0.25) is 0 Å². The van der Waals surface area contributed by atoms with E-state index >= 15 is 0 Å². The molecule has 0 bridgehead atoms. The number of hydrogen-bond acceptors (Lipinski definition) is 3. The lowest BCUT2D eigenvalue weighted by Gasteiger charge is -2.37. The minimum atomic E-state index is 0.344. The van der Waals surface area contributed by atoms with Gasteiger partial charge >= 0.3 is 0 Å². The van der Waals surface area contributed by atoms with Gasteiger partial charge in [-0.1, -0.05) is 13.8 Å². The van der Waals surface area contributed by atoms with E-state index in [2.05, 4.69) is 25.2 Å². The summed E-state index contributed by atoms with van der Waals surface area (Å²) >= 11 is 0. The minimum Gasteiger partial charge on any atom is -0.472 e. The molecular weight excluding hydrogens is 226 g/mol. The van der Waals surface area contributed by atoms with Crippen molar-refractivity contribution >= 4 is 0 Å². The maximum absolute atomic E-state index is 5.52. The molecular formula is C15H25NO2. The second-order valence-corrected chi connectivity index (χ2v) is 5.95. The molecule has 102 valence electrons. The Kier molecular flexibility index (Phi) is 4.84. The van der Waals surface area contributed by atoms with Crippen LogP contribution in [0, 0.1) is 11.3 Å². The minimum absolute atomic E-state index is 0.344. The molecule has 1 fully saturated rings. The van der Waals surface area contributed by atoms with E-state index in [0.717, 1.165) is 45.6 Å². The summed E-state index contributed by atoms with van der Waals surface area (Å²) in [7, 11) is 0. The number of nitrogens with one attached hydrogen (secondary N) is 1. The van der Waals surface area contributed by atoms with Crippen molar-refractivity contribution < 1.29 is 9.15 Å². The van der Waals surface area contributed by atoms with Gasteiger partial charge < -0.3 is 14.5 Å². The van der Waals surface area contributed by atoms with Gasteiger partial charge in [-0.15, -0.1) is 0 Å². The largest absolute Gasteiger partial charge is 0.472 e. The molecule has 2 rings (SSSR count). The standard InChI is InChI=1S/C15H25NO2/c1-13(2)10-16-12-15(4-7-17-8-5-15)9-14-3-6-18-11-14/h3,6,11,13,16H,4-5,7-10,12H2,1-2H3. The molecule has 0 saturated carbocycles. The Labute approximate surface area is 110 Å². The van der Waals surface area contributed by atoms with E-state index in [1.807, 2.05) is 6.26 Å². The second-order valence-electron chi connectivity index (χ2n) is 5.95. The van der Waals surface area contributed by atoms with E-state index < -0.39 is 0 Å². The van der Waals surface area contributed by atoms with Crippen LogP contribution in [0.4, 0.5) is 0 Å². The van der Waals surface area contributed by atoms with Gasteiger partial charge in [0.05, 0.1) is 12.5 Å². The Bertz CT molecular complexity index is 326. The van der Waals surface area contributed by atoms with Gasteiger partial charge in [0.2, 0.25) is 0 Å². The fraction of sp³-hybridized carbons (Fsp3) is 0.733. The van der Waals surface area contributed by atoms with E-state index in [9.17, 15) is 0 Å². The average Bonchev–Trinajstić information content (AvgIpc) is 2.82. The van der Waals surface area contributed by atoms with Crippen molar-refractivity contribution in [1.82, 2.24) is 5.32 Å². The Morgan fingerprint density at radius 2 is 2.11 bits per heavy atom. The number of rotatable bonds is 6. The van der Waals surface area contributed by atoms with Crippen molar-refractivity contribution in [2.75, 3.05) is 26.3 Å². The monoisotopic (exact) mass is 251 g/mol. The fourth-order valence-corrected chi connectivity index (χ4v) is 2.67. The summed E-state index contributed by atoms with van der Waals surface area (Å²) in [6.45, 7) is 8.45. The van der Waals surface area contributed by atoms with Crippen molar-refractivity contribution in [3.05, 3.63) is 24.2 Å². The molecule has 3 nitrogen and oxygen atoms in total. The molecule has 0 aliphatic carbocycles. The van der Waals surface area contributed by atoms with Gasteiger partial charge in [0.15, 0.2) is 0 Å². The van der Waals surface area contributed by atoms with Crippen LogP contribution < -0.4 is 5.32 Å². The topological polar surface area (TPSA) is 34.4 Å². The molecule has 18 heavy (non-hydrogen) atoms. The molecule has 1 saturated heterocycles. The summed E-state index contributed by atoms with van der Waals surface area (Å²) in [6, 6.07) is 2.08. The molecule has 0 amide bonds. The molecule has 0 unspecified atom stereocenters. The summed E-state index contributed by atoms with van der Waals surface area (Å²) in [5.74, 6) is 0.704. The summed E-state index contributed by atoms with van der Waals surface area (Å²) in [5, 5.41) is 3.62. The maximum Gasteiger partial charge on any atom is 0.0934 e. The first-order chi connectivity index (χ1) is 8.70. The lowest BCUT2D eigenvalue weighted by atomic mass is 9.75. The molecule has 1 aromatic rings. The highest BCUT2D eigenvalue weighted by Gasteiger charge is 2.32. The van der Waals surface area contributed by atoms with Crippen LogP contribution >= 0.6 is 0 Å². The highest BCUT2D eigenvalue weighted by atomic mass is 16.5. The zero-order valence-corrected chi connectivity index (χ0v) is 11.6. The van der Waals surface area contributed by atoms with E-state index in [-0.39, 0.29) is 0 Å². The van der Waals surface area contributed by atoms with E-state index in [4.69, 9.17) is 9.15 Å². The number of furan rings is 1. The van der Waals surface area contributed by atoms with Crippen LogP contribution in [0.25, 0.3) is 0 Å². The van der Waals surface area contributed by atoms with E-state index in [0.29, 0.717) is 11.3 Å². The lowest BCUT2D eigenvalue weighted by molar-refractivity contribution is 0.0146. The molecule has 0 radical (unpaired) electrons. The molecule has 2 heterocycles. The quantitative estimate of drug-likeness (QED) is 0.844. The van der Waals surface area contributed by atoms with E-state index in [1.165, 1.54) is 5.56 Å². The van der Waals surface area contributed by atoms with Crippen molar-refractivity contribution in [1.29, 1.82) is 0 Å². The third-order valence-corrected chi connectivity index (χ3v) is 3.77. The fourth-order valence-electron chi connectivity index (χ4n) is 2.67. The van der Waals surface area contributed by atoms with E-state index in [1.54, 1.807) is 6.26 Å². The molecule has 1 N–H and O–H groups in total. The third-order valence-electron chi connectivity index (χ3n) is 3.77. The Morgan fingerprint density at radius 1 is 1.33 bits per heavy atom. The van der Waals surface area contributed by atoms with Crippen LogP contribution in [0.5, 0.6) is 0 Å². The van der Waals surface area contributed by atoms with Gasteiger partial charge in [-0.05, 0) is 48.8 Å². The van der Waals surface area contributed by atoms with Crippen LogP contribution in [-0.2, 0) is 11.2 Å². The van der Waals surface area contributed by atoms with Crippen LogP contribution in [0.15, 0.2) is 23.0 Å².